The van der Waals surface area contributed by atoms with Crippen LogP contribution in [-0.4, -0.2) is 32.3 Å². The van der Waals surface area contributed by atoms with Gasteiger partial charge in [-0.2, -0.15) is 13.2 Å². The second-order valence-electron chi connectivity index (χ2n) is 3.36. The fourth-order valence-corrected chi connectivity index (χ4v) is 1.09. The third-order valence-corrected chi connectivity index (χ3v) is 1.90. The van der Waals surface area contributed by atoms with Crippen molar-refractivity contribution in [1.29, 1.82) is 0 Å². The molecule has 18 heavy (non-hydrogen) atoms. The molecule has 1 aromatic carbocycles. The Labute approximate surface area is 102 Å². The average Bonchev–Trinajstić information content (AvgIpc) is 2.33. The summed E-state index contributed by atoms with van der Waals surface area (Å²) in [6.07, 6.45) is -4.42. The highest BCUT2D eigenvalue weighted by atomic mass is 19.4. The first-order valence-electron chi connectivity index (χ1n) is 5.01. The molecule has 0 saturated heterocycles. The first-order valence-corrected chi connectivity index (χ1v) is 5.01. The van der Waals surface area contributed by atoms with E-state index in [9.17, 15) is 18.0 Å². The lowest BCUT2D eigenvalue weighted by molar-refractivity contribution is -0.139. The van der Waals surface area contributed by atoms with Gasteiger partial charge < -0.3 is 14.8 Å². The number of carbonyl (C=O) groups is 1. The molecule has 0 aliphatic heterocycles. The predicted molar refractivity (Wildman–Crippen MR) is 57.6 cm³/mol. The Hall–Kier alpha value is -1.92. The number of rotatable bonds is 5. The van der Waals surface area contributed by atoms with Crippen LogP contribution < -0.4 is 14.8 Å². The van der Waals surface area contributed by atoms with E-state index in [1.54, 1.807) is 23.5 Å². The van der Waals surface area contributed by atoms with Crippen LogP contribution in [0.1, 0.15) is 0 Å². The van der Waals surface area contributed by atoms with E-state index in [0.717, 1.165) is 0 Å². The number of amides is 1. The first kappa shape index (κ1) is 14.1. The van der Waals surface area contributed by atoms with E-state index in [2.05, 4.69) is 0 Å². The van der Waals surface area contributed by atoms with Crippen LogP contribution in [0.25, 0.3) is 0 Å². The second-order valence-corrected chi connectivity index (χ2v) is 3.36. The Morgan fingerprint density at radius 2 is 2.00 bits per heavy atom. The molecule has 0 bridgehead atoms. The number of hydrogen-bond acceptors (Lipinski definition) is 3. The van der Waals surface area contributed by atoms with E-state index >= 15 is 0 Å². The number of nitrogens with one attached hydrogen (secondary N) is 1. The van der Waals surface area contributed by atoms with Crippen molar-refractivity contribution in [1.82, 2.24) is 5.32 Å². The number of alkyl halides is 3. The lowest BCUT2D eigenvalue weighted by Crippen LogP contribution is -2.36. The molecule has 0 atom stereocenters. The van der Waals surface area contributed by atoms with Crippen LogP contribution in [0.4, 0.5) is 13.2 Å². The average molecular weight is 263 g/mol. The van der Waals surface area contributed by atoms with Crippen molar-refractivity contribution < 1.29 is 27.4 Å². The summed E-state index contributed by atoms with van der Waals surface area (Å²) in [6.45, 7) is -1.85. The fraction of sp³-hybridized carbons (Fsp3) is 0.364. The van der Waals surface area contributed by atoms with Crippen LogP contribution in [0.2, 0.25) is 0 Å². The van der Waals surface area contributed by atoms with Crippen molar-refractivity contribution in [2.24, 2.45) is 0 Å². The largest absolute Gasteiger partial charge is 0.497 e. The Balaban J connectivity index is 2.38. The molecule has 0 aliphatic carbocycles. The number of halogens is 3. The number of ether oxygens (including phenoxy) is 2. The highest BCUT2D eigenvalue weighted by molar-refractivity contribution is 5.77. The Morgan fingerprint density at radius 3 is 2.61 bits per heavy atom. The van der Waals surface area contributed by atoms with Crippen molar-refractivity contribution in [3.05, 3.63) is 24.3 Å². The molecule has 0 spiro atoms. The van der Waals surface area contributed by atoms with Crippen LogP contribution in [0.15, 0.2) is 24.3 Å². The van der Waals surface area contributed by atoms with Crippen LogP contribution >= 0.6 is 0 Å². The van der Waals surface area contributed by atoms with E-state index in [4.69, 9.17) is 9.47 Å². The maximum atomic E-state index is 11.8. The molecule has 1 rings (SSSR count). The zero-order valence-electron chi connectivity index (χ0n) is 9.58. The molecule has 0 aromatic heterocycles. The van der Waals surface area contributed by atoms with E-state index in [1.807, 2.05) is 0 Å². The topological polar surface area (TPSA) is 47.6 Å². The molecule has 1 N–H and O–H groups in total. The van der Waals surface area contributed by atoms with Crippen LogP contribution in [0.5, 0.6) is 11.5 Å². The summed E-state index contributed by atoms with van der Waals surface area (Å²) in [5.74, 6) is 0.0369. The summed E-state index contributed by atoms with van der Waals surface area (Å²) in [5.41, 5.74) is 0. The van der Waals surface area contributed by atoms with Gasteiger partial charge in [0.05, 0.1) is 7.11 Å². The molecule has 0 saturated carbocycles. The SMILES string of the molecule is COc1cccc(OCC(=O)NCC(F)(F)F)c1. The van der Waals surface area contributed by atoms with Gasteiger partial charge in [-0.05, 0) is 12.1 Å². The van der Waals surface area contributed by atoms with Gasteiger partial charge in [0.25, 0.3) is 5.91 Å². The van der Waals surface area contributed by atoms with Gasteiger partial charge in [0.1, 0.15) is 18.0 Å². The van der Waals surface area contributed by atoms with Crippen molar-refractivity contribution in [2.45, 2.75) is 6.18 Å². The number of carbonyl (C=O) groups excluding carboxylic acids is 1. The minimum absolute atomic E-state index is 0.344. The molecule has 0 aliphatic rings. The summed E-state index contributed by atoms with van der Waals surface area (Å²) >= 11 is 0. The summed E-state index contributed by atoms with van der Waals surface area (Å²) in [7, 11) is 1.47. The molecular formula is C11H12F3NO3. The lowest BCUT2D eigenvalue weighted by atomic mass is 10.3. The number of hydrogen-bond donors (Lipinski definition) is 1. The van der Waals surface area contributed by atoms with Gasteiger partial charge in [-0.3, -0.25) is 4.79 Å². The van der Waals surface area contributed by atoms with Gasteiger partial charge in [0.15, 0.2) is 6.61 Å². The number of methoxy groups -OCH3 is 1. The third kappa shape index (κ3) is 5.42. The van der Waals surface area contributed by atoms with Crippen LogP contribution in [0, 0.1) is 0 Å². The molecule has 7 heteroatoms. The van der Waals surface area contributed by atoms with Crippen LogP contribution in [0.3, 0.4) is 0 Å². The van der Waals surface area contributed by atoms with Gasteiger partial charge >= 0.3 is 6.18 Å². The molecule has 0 fully saturated rings. The van der Waals surface area contributed by atoms with E-state index < -0.39 is 25.2 Å². The van der Waals surface area contributed by atoms with Crippen molar-refractivity contribution in [3.63, 3.8) is 0 Å². The maximum Gasteiger partial charge on any atom is 0.405 e. The highest BCUT2D eigenvalue weighted by Gasteiger charge is 2.27. The molecule has 100 valence electrons. The van der Waals surface area contributed by atoms with Crippen LogP contribution in [-0.2, 0) is 4.79 Å². The zero-order valence-corrected chi connectivity index (χ0v) is 9.58. The van der Waals surface area contributed by atoms with Crippen molar-refractivity contribution >= 4 is 5.91 Å². The summed E-state index contributed by atoms with van der Waals surface area (Å²) in [5, 5.41) is 1.70. The van der Waals surface area contributed by atoms with Gasteiger partial charge in [-0.15, -0.1) is 0 Å². The quantitative estimate of drug-likeness (QED) is 0.880. The summed E-state index contributed by atoms with van der Waals surface area (Å²) < 4.78 is 45.4. The predicted octanol–water partition coefficient (Wildman–Crippen LogP) is 1.75. The van der Waals surface area contributed by atoms with Gasteiger partial charge in [0, 0.05) is 6.07 Å². The molecule has 0 heterocycles. The molecule has 0 unspecified atom stereocenters. The Morgan fingerprint density at radius 1 is 1.33 bits per heavy atom. The monoisotopic (exact) mass is 263 g/mol. The molecular weight excluding hydrogens is 251 g/mol. The maximum absolute atomic E-state index is 11.8. The lowest BCUT2D eigenvalue weighted by Gasteiger charge is -2.10. The standard InChI is InChI=1S/C11H12F3NO3/c1-17-8-3-2-4-9(5-8)18-6-10(16)15-7-11(12,13)14/h2-5H,6-7H2,1H3,(H,15,16). The smallest absolute Gasteiger partial charge is 0.405 e. The molecule has 1 aromatic rings. The zero-order chi connectivity index (χ0) is 13.6. The molecule has 4 nitrogen and oxygen atoms in total. The minimum Gasteiger partial charge on any atom is -0.497 e. The fourth-order valence-electron chi connectivity index (χ4n) is 1.09. The minimum atomic E-state index is -4.42. The van der Waals surface area contributed by atoms with Gasteiger partial charge in [-0.25, -0.2) is 0 Å². The van der Waals surface area contributed by atoms with E-state index in [1.165, 1.54) is 13.2 Å². The van der Waals surface area contributed by atoms with E-state index in [0.29, 0.717) is 11.5 Å². The Kier molecular flexibility index (Phi) is 4.82. The first-order chi connectivity index (χ1) is 8.40. The molecule has 0 radical (unpaired) electrons. The Bertz CT molecular complexity index is 407. The summed E-state index contributed by atoms with van der Waals surface area (Å²) in [4.78, 5) is 11.1. The van der Waals surface area contributed by atoms with E-state index in [-0.39, 0.29) is 0 Å². The van der Waals surface area contributed by atoms with Gasteiger partial charge in [-0.1, -0.05) is 6.07 Å². The van der Waals surface area contributed by atoms with Crippen molar-refractivity contribution in [3.8, 4) is 11.5 Å². The molecule has 1 amide bonds. The normalized spacial score (nSPS) is 10.9. The summed E-state index contributed by atoms with van der Waals surface area (Å²) in [6, 6.07) is 6.41. The highest BCUT2D eigenvalue weighted by Crippen LogP contribution is 2.18. The van der Waals surface area contributed by atoms with Crippen molar-refractivity contribution in [2.75, 3.05) is 20.3 Å². The van der Waals surface area contributed by atoms with Gasteiger partial charge in [0.2, 0.25) is 0 Å². The third-order valence-electron chi connectivity index (χ3n) is 1.90. The second kappa shape index (κ2) is 6.13. The number of benzene rings is 1.